The van der Waals surface area contributed by atoms with Crippen molar-refractivity contribution >= 4 is 109 Å². The lowest BCUT2D eigenvalue weighted by atomic mass is 9.99. The highest BCUT2D eigenvalue weighted by Gasteiger charge is 2.52. The Bertz CT molecular complexity index is 1740. The Morgan fingerprint density at radius 3 is 1.00 bits per heavy atom. The third kappa shape index (κ3) is 7.75. The summed E-state index contributed by atoms with van der Waals surface area (Å²) in [5.74, 6) is -0.749. The molecule has 0 saturated carbocycles. The first-order valence-corrected chi connectivity index (χ1v) is 16.8. The fourth-order valence-corrected chi connectivity index (χ4v) is 7.24. The maximum Gasteiger partial charge on any atom is 0.828 e. The quantitative estimate of drug-likeness (QED) is 0.163. The summed E-state index contributed by atoms with van der Waals surface area (Å²) >= 11 is 36.3. The second-order valence-corrected chi connectivity index (χ2v) is 13.9. The van der Waals surface area contributed by atoms with Crippen molar-refractivity contribution in [3.05, 3.63) is 83.2 Å². The molecule has 0 fully saturated rings. The minimum atomic E-state index is -4.64. The topological polar surface area (TPSA) is 40.0 Å². The Morgan fingerprint density at radius 2 is 0.735 bits per heavy atom. The zero-order valence-corrected chi connectivity index (χ0v) is 29.3. The number of fused-ring (bicyclic) bond motifs is 3. The Balaban J connectivity index is 1.27. The van der Waals surface area contributed by atoms with E-state index >= 15 is 25.9 Å². The first kappa shape index (κ1) is 36.3. The Kier molecular flexibility index (Phi) is 10.1. The molecule has 0 N–H and O–H groups in total. The van der Waals surface area contributed by atoms with Crippen LogP contribution in [0.4, 0.5) is 25.9 Å². The molecule has 0 amide bonds. The monoisotopic (exact) mass is 806 g/mol. The standard InChI is InChI=1S/C27H21B3Cl6F6N4O3/c31-19-7-16-13-44(28(37,38)47-25(16)22(34)10-19)4-1-43(2-5-45-14-17-8-20(32)11-23(35)26(17)48-29(45,39)40)3-6-46-15-18-9-21(33)12-24(36)27(18)49-30(46,41)42/h7-15H,1-6H2. The van der Waals surface area contributed by atoms with E-state index in [1.807, 2.05) is 0 Å². The van der Waals surface area contributed by atoms with E-state index in [-0.39, 0.29) is 83.7 Å². The van der Waals surface area contributed by atoms with Gasteiger partial charge in [-0.15, -0.1) is 0 Å². The Hall–Kier alpha value is -2.46. The lowest BCUT2D eigenvalue weighted by Crippen LogP contribution is -2.54. The first-order valence-electron chi connectivity index (χ1n) is 14.5. The molecule has 0 saturated heterocycles. The largest absolute Gasteiger partial charge is 0.828 e. The first-order chi connectivity index (χ1) is 22.9. The average molecular weight is 809 g/mol. The number of hydrogen-bond donors (Lipinski definition) is 0. The molecule has 3 aromatic rings. The van der Waals surface area contributed by atoms with Gasteiger partial charge in [0.1, 0.15) is 55.5 Å². The van der Waals surface area contributed by atoms with Crippen LogP contribution >= 0.6 is 69.6 Å². The molecule has 0 bridgehead atoms. The van der Waals surface area contributed by atoms with Gasteiger partial charge in [0.25, 0.3) is 0 Å². The van der Waals surface area contributed by atoms with E-state index < -0.39 is 40.7 Å². The molecule has 3 aliphatic heterocycles. The van der Waals surface area contributed by atoms with Gasteiger partial charge < -0.3 is 53.3 Å². The number of benzene rings is 3. The van der Waals surface area contributed by atoms with Crippen molar-refractivity contribution in [2.45, 2.75) is 0 Å². The van der Waals surface area contributed by atoms with Crippen molar-refractivity contribution in [1.29, 1.82) is 0 Å². The molecule has 3 aromatic carbocycles. The normalized spacial score (nSPS) is 18.2. The summed E-state index contributed by atoms with van der Waals surface area (Å²) in [7, 11) is -13.9. The molecule has 3 heterocycles. The molecular weight excluding hydrogens is 787 g/mol. The summed E-state index contributed by atoms with van der Waals surface area (Å²) in [5, 5.41) is 0.215. The zero-order chi connectivity index (χ0) is 35.5. The van der Waals surface area contributed by atoms with Gasteiger partial charge in [0.05, 0.1) is 51.4 Å². The SMILES string of the molecule is F[B-]1(F)Oc2c(Cl)cc(Cl)cc2C=[N+]1CCN(CC[N+]1=Cc2cc(Cl)cc(Cl)c2O[B-]1(F)F)CC[N+]1=Cc2cc(Cl)cc(Cl)c2O[B-]1(F)F. The van der Waals surface area contributed by atoms with Gasteiger partial charge in [-0.05, 0) is 36.4 Å². The van der Waals surface area contributed by atoms with Gasteiger partial charge in [-0.3, -0.25) is 4.90 Å². The van der Waals surface area contributed by atoms with Crippen LogP contribution in [-0.4, -0.2) is 97.4 Å². The molecule has 3 aliphatic rings. The molecule has 0 spiro atoms. The van der Waals surface area contributed by atoms with Crippen molar-refractivity contribution < 1.29 is 53.3 Å². The Labute approximate surface area is 305 Å². The van der Waals surface area contributed by atoms with Crippen LogP contribution in [0.15, 0.2) is 36.4 Å². The molecule has 6 rings (SSSR count). The van der Waals surface area contributed by atoms with Crippen LogP contribution in [0.25, 0.3) is 0 Å². The number of rotatable bonds is 9. The van der Waals surface area contributed by atoms with Crippen LogP contribution in [0.2, 0.25) is 30.1 Å². The van der Waals surface area contributed by atoms with E-state index in [4.69, 9.17) is 83.6 Å². The predicted molar refractivity (Wildman–Crippen MR) is 183 cm³/mol. The second-order valence-electron chi connectivity index (χ2n) is 11.4. The van der Waals surface area contributed by atoms with Gasteiger partial charge in [-0.1, -0.05) is 69.6 Å². The number of hydrogen-bond acceptors (Lipinski definition) is 4. The third-order valence-electron chi connectivity index (χ3n) is 7.99. The van der Waals surface area contributed by atoms with Gasteiger partial charge in [-0.25, -0.2) is 0 Å². The molecule has 260 valence electrons. The maximum absolute atomic E-state index is 15.2. The maximum atomic E-state index is 15.2. The Morgan fingerprint density at radius 1 is 0.469 bits per heavy atom. The van der Waals surface area contributed by atoms with Crippen LogP contribution in [-0.2, 0) is 0 Å². The molecule has 49 heavy (non-hydrogen) atoms. The van der Waals surface area contributed by atoms with Crippen LogP contribution in [0, 0.1) is 0 Å². The summed E-state index contributed by atoms with van der Waals surface area (Å²) in [6.07, 6.45) is 3.36. The van der Waals surface area contributed by atoms with E-state index in [2.05, 4.69) is 0 Å². The zero-order valence-electron chi connectivity index (χ0n) is 24.7. The van der Waals surface area contributed by atoms with Gasteiger partial charge in [0, 0.05) is 15.1 Å². The molecule has 0 radical (unpaired) electrons. The summed E-state index contributed by atoms with van der Waals surface area (Å²) in [6.45, 7) is -1.82. The minimum Gasteiger partial charge on any atom is -0.598 e. The summed E-state index contributed by atoms with van der Waals surface area (Å²) in [5.41, 5.74) is 0.566. The fraction of sp³-hybridized carbons (Fsp3) is 0.222. The number of halogens is 12. The van der Waals surface area contributed by atoms with Crippen LogP contribution in [0.1, 0.15) is 16.7 Å². The highest BCUT2D eigenvalue weighted by molar-refractivity contribution is 6.54. The van der Waals surface area contributed by atoms with E-state index in [1.165, 1.54) is 41.3 Å². The van der Waals surface area contributed by atoms with Gasteiger partial charge in [-0.2, -0.15) is 0 Å². The van der Waals surface area contributed by atoms with E-state index in [9.17, 15) is 0 Å². The lowest BCUT2D eigenvalue weighted by Gasteiger charge is -2.33. The molecule has 0 unspecified atom stereocenters. The second kappa shape index (κ2) is 13.6. The highest BCUT2D eigenvalue weighted by Crippen LogP contribution is 2.39. The highest BCUT2D eigenvalue weighted by atomic mass is 35.5. The van der Waals surface area contributed by atoms with E-state index in [0.717, 1.165) is 18.6 Å². The smallest absolute Gasteiger partial charge is 0.598 e. The molecule has 0 aliphatic carbocycles. The lowest BCUT2D eigenvalue weighted by molar-refractivity contribution is -0.449. The van der Waals surface area contributed by atoms with Gasteiger partial charge >= 0.3 is 21.1 Å². The molecule has 0 aromatic heterocycles. The van der Waals surface area contributed by atoms with Crippen LogP contribution in [0.5, 0.6) is 17.2 Å². The molecule has 0 atom stereocenters. The number of nitrogens with zero attached hydrogens (tertiary/aromatic N) is 4. The molecule has 7 nitrogen and oxygen atoms in total. The van der Waals surface area contributed by atoms with Crippen molar-refractivity contribution in [2.75, 3.05) is 39.3 Å². The van der Waals surface area contributed by atoms with Crippen molar-refractivity contribution in [3.63, 3.8) is 0 Å². The van der Waals surface area contributed by atoms with Crippen molar-refractivity contribution in [1.82, 2.24) is 4.90 Å². The van der Waals surface area contributed by atoms with E-state index in [1.54, 1.807) is 0 Å². The molecule has 22 heteroatoms. The van der Waals surface area contributed by atoms with Gasteiger partial charge in [0.15, 0.2) is 0 Å². The van der Waals surface area contributed by atoms with Crippen molar-refractivity contribution in [2.24, 2.45) is 0 Å². The van der Waals surface area contributed by atoms with E-state index in [0.29, 0.717) is 13.5 Å². The average Bonchev–Trinajstić information content (AvgIpc) is 2.98. The minimum absolute atomic E-state index is 0.111. The predicted octanol–water partition coefficient (Wildman–Crippen LogP) is 7.90. The molecular formula is C27H21B3Cl6F6N4O3. The van der Waals surface area contributed by atoms with Crippen LogP contribution < -0.4 is 14.0 Å². The fourth-order valence-electron chi connectivity index (χ4n) is 5.58. The summed E-state index contributed by atoms with van der Waals surface area (Å²) in [4.78, 5) is 1.46. The summed E-state index contributed by atoms with van der Waals surface area (Å²) in [6, 6.07) is 7.94. The summed E-state index contributed by atoms with van der Waals surface area (Å²) < 4.78 is 108. The van der Waals surface area contributed by atoms with Crippen LogP contribution in [0.3, 0.4) is 0 Å². The third-order valence-corrected chi connectivity index (χ3v) is 9.48. The van der Waals surface area contributed by atoms with Crippen molar-refractivity contribution in [3.8, 4) is 17.2 Å². The van der Waals surface area contributed by atoms with Gasteiger partial charge in [0.2, 0.25) is 0 Å².